The zero-order valence-corrected chi connectivity index (χ0v) is 21.5. The van der Waals surface area contributed by atoms with Crippen LogP contribution in [0.3, 0.4) is 0 Å². The van der Waals surface area contributed by atoms with Crippen LogP contribution in [0, 0.1) is 0 Å². The number of hydrogen-bond donors (Lipinski definition) is 0. The Morgan fingerprint density at radius 3 is 2.39 bits per heavy atom. The third kappa shape index (κ3) is 6.42. The van der Waals surface area contributed by atoms with Crippen molar-refractivity contribution in [2.24, 2.45) is 4.99 Å². The van der Waals surface area contributed by atoms with Crippen molar-refractivity contribution < 1.29 is 27.5 Å². The SMILES string of the molecule is CCOC(=O)N1CCN(C(=O)CS(=O)(=O)CC(=O)N=c2sc3cc(Br)ccc3n2CC)CC1. The van der Waals surface area contributed by atoms with E-state index in [2.05, 4.69) is 20.9 Å². The number of piperazine rings is 1. The Labute approximate surface area is 203 Å². The number of nitrogens with zero attached hydrogens (tertiary/aromatic N) is 4. The predicted octanol–water partition coefficient (Wildman–Crippen LogP) is 1.63. The van der Waals surface area contributed by atoms with Gasteiger partial charge in [0.15, 0.2) is 14.6 Å². The number of carbonyl (C=O) groups is 3. The first-order valence-corrected chi connectivity index (χ1v) is 13.8. The summed E-state index contributed by atoms with van der Waals surface area (Å²) in [5, 5.41) is 0. The summed E-state index contributed by atoms with van der Waals surface area (Å²) in [5.74, 6) is -3.03. The van der Waals surface area contributed by atoms with Gasteiger partial charge in [-0.1, -0.05) is 27.3 Å². The first-order valence-electron chi connectivity index (χ1n) is 10.4. The third-order valence-electron chi connectivity index (χ3n) is 5.03. The number of sulfone groups is 1. The highest BCUT2D eigenvalue weighted by Crippen LogP contribution is 2.22. The quantitative estimate of drug-likeness (QED) is 0.529. The van der Waals surface area contributed by atoms with E-state index >= 15 is 0 Å². The molecular weight excluding hydrogens is 536 g/mol. The van der Waals surface area contributed by atoms with Crippen LogP contribution in [0.2, 0.25) is 0 Å². The first kappa shape index (κ1) is 25.4. The molecule has 13 heteroatoms. The number of thiazole rings is 1. The molecule has 3 rings (SSSR count). The van der Waals surface area contributed by atoms with Gasteiger partial charge in [-0.2, -0.15) is 4.99 Å². The Morgan fingerprint density at radius 2 is 1.76 bits per heavy atom. The van der Waals surface area contributed by atoms with Gasteiger partial charge in [0.2, 0.25) is 5.91 Å². The maximum Gasteiger partial charge on any atom is 0.409 e. The van der Waals surface area contributed by atoms with Crippen molar-refractivity contribution in [2.75, 3.05) is 44.3 Å². The van der Waals surface area contributed by atoms with Gasteiger partial charge in [-0.05, 0) is 32.0 Å². The summed E-state index contributed by atoms with van der Waals surface area (Å²) in [6.45, 7) is 5.38. The molecule has 1 saturated heterocycles. The topological polar surface area (TPSA) is 118 Å². The molecule has 1 fully saturated rings. The molecule has 2 aromatic rings. The molecule has 2 heterocycles. The van der Waals surface area contributed by atoms with Crippen molar-refractivity contribution >= 4 is 65.2 Å². The molecule has 0 unspecified atom stereocenters. The Morgan fingerprint density at radius 1 is 1.09 bits per heavy atom. The van der Waals surface area contributed by atoms with Crippen LogP contribution >= 0.6 is 27.3 Å². The highest BCUT2D eigenvalue weighted by atomic mass is 79.9. The fraction of sp³-hybridized carbons (Fsp3) is 0.500. The molecule has 1 aliphatic rings. The van der Waals surface area contributed by atoms with Crippen molar-refractivity contribution in [3.8, 4) is 0 Å². The summed E-state index contributed by atoms with van der Waals surface area (Å²) in [6, 6.07) is 5.70. The van der Waals surface area contributed by atoms with Crippen molar-refractivity contribution in [2.45, 2.75) is 20.4 Å². The highest BCUT2D eigenvalue weighted by Gasteiger charge is 2.28. The van der Waals surface area contributed by atoms with E-state index in [1.165, 1.54) is 21.1 Å². The molecule has 0 bridgehead atoms. The Balaban J connectivity index is 1.64. The van der Waals surface area contributed by atoms with Gasteiger partial charge in [-0.3, -0.25) is 9.59 Å². The van der Waals surface area contributed by atoms with Gasteiger partial charge >= 0.3 is 6.09 Å². The number of carbonyl (C=O) groups excluding carboxylic acids is 3. The molecule has 180 valence electrons. The minimum absolute atomic E-state index is 0.208. The lowest BCUT2D eigenvalue weighted by molar-refractivity contribution is -0.130. The normalized spacial score (nSPS) is 15.2. The molecule has 0 radical (unpaired) electrons. The minimum atomic E-state index is -4.00. The van der Waals surface area contributed by atoms with Crippen LogP contribution in [0.4, 0.5) is 4.79 Å². The Hall–Kier alpha value is -2.25. The highest BCUT2D eigenvalue weighted by molar-refractivity contribution is 9.10. The van der Waals surface area contributed by atoms with E-state index < -0.39 is 39.3 Å². The molecule has 33 heavy (non-hydrogen) atoms. The largest absolute Gasteiger partial charge is 0.450 e. The molecule has 0 spiro atoms. The second-order valence-electron chi connectivity index (χ2n) is 7.35. The van der Waals surface area contributed by atoms with Crippen molar-refractivity contribution in [1.29, 1.82) is 0 Å². The van der Waals surface area contributed by atoms with Gasteiger partial charge in [0.25, 0.3) is 5.91 Å². The zero-order chi connectivity index (χ0) is 24.2. The second-order valence-corrected chi connectivity index (χ2v) is 11.3. The van der Waals surface area contributed by atoms with Crippen LogP contribution in [0.5, 0.6) is 0 Å². The van der Waals surface area contributed by atoms with Gasteiger partial charge in [0.1, 0.15) is 11.5 Å². The van der Waals surface area contributed by atoms with Crippen LogP contribution in [-0.2, 0) is 30.7 Å². The molecule has 1 aliphatic heterocycles. The Kier molecular flexibility index (Phi) is 8.29. The fourth-order valence-electron chi connectivity index (χ4n) is 3.45. The second kappa shape index (κ2) is 10.8. The van der Waals surface area contributed by atoms with Gasteiger partial charge in [0, 0.05) is 37.2 Å². The molecule has 0 saturated carbocycles. The van der Waals surface area contributed by atoms with Gasteiger partial charge < -0.3 is 19.1 Å². The number of aromatic nitrogens is 1. The summed E-state index contributed by atoms with van der Waals surface area (Å²) < 4.78 is 33.6. The molecule has 1 aromatic carbocycles. The number of halogens is 1. The standard InChI is InChI=1S/C20H25BrN4O6S2/c1-3-25-15-6-5-14(21)11-16(15)32-19(25)22-17(26)12-33(29,30)13-18(27)23-7-9-24(10-8-23)20(28)31-4-2/h5-6,11H,3-4,7-10,12-13H2,1-2H3. The minimum Gasteiger partial charge on any atom is -0.450 e. The van der Waals surface area contributed by atoms with E-state index in [4.69, 9.17) is 4.74 Å². The lowest BCUT2D eigenvalue weighted by Gasteiger charge is -2.34. The van der Waals surface area contributed by atoms with Gasteiger partial charge in [-0.25, -0.2) is 13.2 Å². The number of aryl methyl sites for hydroxylation is 1. The number of ether oxygens (including phenoxy) is 1. The molecule has 3 amide bonds. The third-order valence-corrected chi connectivity index (χ3v) is 7.93. The first-order chi connectivity index (χ1) is 15.6. The number of benzene rings is 1. The predicted molar refractivity (Wildman–Crippen MR) is 128 cm³/mol. The number of amides is 3. The van der Waals surface area contributed by atoms with Gasteiger partial charge in [0.05, 0.1) is 16.8 Å². The van der Waals surface area contributed by atoms with Crippen molar-refractivity contribution in [3.63, 3.8) is 0 Å². The summed E-state index contributed by atoms with van der Waals surface area (Å²) in [6.07, 6.45) is -0.456. The smallest absolute Gasteiger partial charge is 0.409 e. The monoisotopic (exact) mass is 560 g/mol. The van der Waals surface area contributed by atoms with Crippen LogP contribution in [0.25, 0.3) is 10.2 Å². The Bertz CT molecular complexity index is 1230. The summed E-state index contributed by atoms with van der Waals surface area (Å²) in [7, 11) is -4.00. The molecule has 0 aliphatic carbocycles. The maximum absolute atomic E-state index is 12.5. The van der Waals surface area contributed by atoms with Crippen LogP contribution in [0.15, 0.2) is 27.7 Å². The maximum atomic E-state index is 12.5. The van der Waals surface area contributed by atoms with E-state index in [1.54, 1.807) is 6.92 Å². The summed E-state index contributed by atoms with van der Waals surface area (Å²) in [5.41, 5.74) is 0.900. The lowest BCUT2D eigenvalue weighted by Crippen LogP contribution is -2.52. The van der Waals surface area contributed by atoms with E-state index in [0.717, 1.165) is 14.7 Å². The summed E-state index contributed by atoms with van der Waals surface area (Å²) >= 11 is 4.70. The van der Waals surface area contributed by atoms with E-state index in [1.807, 2.05) is 29.7 Å². The number of rotatable bonds is 6. The fourth-order valence-corrected chi connectivity index (χ4v) is 6.21. The van der Waals surface area contributed by atoms with E-state index in [-0.39, 0.29) is 32.8 Å². The van der Waals surface area contributed by atoms with Crippen LogP contribution in [-0.4, -0.2) is 85.0 Å². The molecular formula is C20H25BrN4O6S2. The van der Waals surface area contributed by atoms with Crippen molar-refractivity contribution in [1.82, 2.24) is 14.4 Å². The molecule has 1 aromatic heterocycles. The van der Waals surface area contributed by atoms with Crippen LogP contribution < -0.4 is 4.80 Å². The van der Waals surface area contributed by atoms with E-state index in [9.17, 15) is 22.8 Å². The van der Waals surface area contributed by atoms with E-state index in [0.29, 0.717) is 11.3 Å². The number of hydrogen-bond acceptors (Lipinski definition) is 7. The summed E-state index contributed by atoms with van der Waals surface area (Å²) in [4.78, 5) is 43.9. The van der Waals surface area contributed by atoms with Crippen LogP contribution in [0.1, 0.15) is 13.8 Å². The average Bonchev–Trinajstić information content (AvgIpc) is 3.08. The number of fused-ring (bicyclic) bond motifs is 1. The van der Waals surface area contributed by atoms with Crippen molar-refractivity contribution in [3.05, 3.63) is 27.5 Å². The molecule has 0 N–H and O–H groups in total. The lowest BCUT2D eigenvalue weighted by atomic mass is 10.3. The zero-order valence-electron chi connectivity index (χ0n) is 18.3. The molecule has 0 atom stereocenters. The average molecular weight is 561 g/mol. The van der Waals surface area contributed by atoms with Gasteiger partial charge in [-0.15, -0.1) is 0 Å². The molecule has 10 nitrogen and oxygen atoms in total.